The maximum absolute atomic E-state index is 11.0. The van der Waals surface area contributed by atoms with Gasteiger partial charge in [0.15, 0.2) is 5.76 Å². The number of aromatic nitrogens is 3. The minimum Gasteiger partial charge on any atom is -0.492 e. The van der Waals surface area contributed by atoms with E-state index in [0.29, 0.717) is 29.8 Å². The number of rotatable bonds is 4. The number of ether oxygens (including phenoxy) is 1. The van der Waals surface area contributed by atoms with Gasteiger partial charge in [-0.3, -0.25) is 4.90 Å². The van der Waals surface area contributed by atoms with E-state index in [1.807, 2.05) is 0 Å². The number of furan rings is 1. The Hall–Kier alpha value is -2.68. The monoisotopic (exact) mass is 396 g/mol. The van der Waals surface area contributed by atoms with E-state index in [-0.39, 0.29) is 11.9 Å². The van der Waals surface area contributed by atoms with E-state index < -0.39 is 0 Å². The Morgan fingerprint density at radius 3 is 2.61 bits per heavy atom. The summed E-state index contributed by atoms with van der Waals surface area (Å²) >= 11 is 1.46. The number of morpholine rings is 1. The molecule has 28 heavy (non-hydrogen) atoms. The lowest BCUT2D eigenvalue weighted by Crippen LogP contribution is -2.39. The van der Waals surface area contributed by atoms with Crippen LogP contribution in [-0.2, 0) is 4.74 Å². The fourth-order valence-electron chi connectivity index (χ4n) is 3.55. The fraction of sp³-hybridized carbons (Fsp3) is 0.300. The largest absolute Gasteiger partial charge is 0.492 e. The quantitative estimate of drug-likeness (QED) is 0.569. The molecule has 0 aliphatic carbocycles. The van der Waals surface area contributed by atoms with Crippen molar-refractivity contribution in [3.8, 4) is 17.5 Å². The van der Waals surface area contributed by atoms with Gasteiger partial charge in [-0.05, 0) is 24.6 Å². The van der Waals surface area contributed by atoms with Crippen molar-refractivity contribution in [2.24, 2.45) is 0 Å². The first-order valence-electron chi connectivity index (χ1n) is 9.21. The molecular formula is C20H20N4O3S. The molecule has 1 unspecified atom stereocenters. The van der Waals surface area contributed by atoms with E-state index in [9.17, 15) is 5.11 Å². The molecule has 1 atom stereocenters. The molecule has 0 saturated carbocycles. The molecule has 4 aromatic rings. The molecule has 1 fully saturated rings. The van der Waals surface area contributed by atoms with Gasteiger partial charge in [-0.2, -0.15) is 9.50 Å². The molecule has 3 aromatic heterocycles. The van der Waals surface area contributed by atoms with Crippen molar-refractivity contribution in [2.75, 3.05) is 26.3 Å². The van der Waals surface area contributed by atoms with Crippen LogP contribution < -0.4 is 0 Å². The summed E-state index contributed by atoms with van der Waals surface area (Å²) in [7, 11) is 0. The van der Waals surface area contributed by atoms with E-state index in [4.69, 9.17) is 9.15 Å². The molecule has 1 N–H and O–H groups in total. The molecule has 0 amide bonds. The van der Waals surface area contributed by atoms with E-state index >= 15 is 0 Å². The molecule has 1 aromatic carbocycles. The van der Waals surface area contributed by atoms with Gasteiger partial charge in [0, 0.05) is 13.1 Å². The fourth-order valence-corrected chi connectivity index (χ4v) is 4.67. The second-order valence-electron chi connectivity index (χ2n) is 6.86. The van der Waals surface area contributed by atoms with E-state index in [0.717, 1.165) is 23.5 Å². The van der Waals surface area contributed by atoms with Crippen LogP contribution in [0.3, 0.4) is 0 Å². The SMILES string of the molecule is Cc1ccc(C(c2sc3nc(-c4ccco4)nn3c2O)N2CCOCC2)cc1. The lowest BCUT2D eigenvalue weighted by atomic mass is 10.0. The predicted molar refractivity (Wildman–Crippen MR) is 106 cm³/mol. The highest BCUT2D eigenvalue weighted by atomic mass is 32.1. The summed E-state index contributed by atoms with van der Waals surface area (Å²) in [6, 6.07) is 12.0. The summed E-state index contributed by atoms with van der Waals surface area (Å²) in [6.07, 6.45) is 1.58. The molecule has 7 nitrogen and oxygen atoms in total. The van der Waals surface area contributed by atoms with Gasteiger partial charge in [0.05, 0.1) is 30.4 Å². The van der Waals surface area contributed by atoms with Crippen LogP contribution in [0.4, 0.5) is 0 Å². The Morgan fingerprint density at radius 1 is 1.14 bits per heavy atom. The molecule has 1 saturated heterocycles. The van der Waals surface area contributed by atoms with Crippen molar-refractivity contribution >= 4 is 16.3 Å². The Balaban J connectivity index is 1.59. The molecule has 0 spiro atoms. The highest BCUT2D eigenvalue weighted by Gasteiger charge is 2.30. The summed E-state index contributed by atoms with van der Waals surface area (Å²) in [5.74, 6) is 1.18. The zero-order valence-electron chi connectivity index (χ0n) is 15.4. The van der Waals surface area contributed by atoms with E-state index in [1.165, 1.54) is 21.4 Å². The molecular weight excluding hydrogens is 376 g/mol. The van der Waals surface area contributed by atoms with Gasteiger partial charge in [-0.15, -0.1) is 5.10 Å². The zero-order chi connectivity index (χ0) is 19.1. The Morgan fingerprint density at radius 2 is 1.93 bits per heavy atom. The van der Waals surface area contributed by atoms with Crippen molar-refractivity contribution in [3.05, 3.63) is 58.7 Å². The van der Waals surface area contributed by atoms with Gasteiger partial charge in [-0.25, -0.2) is 0 Å². The lowest BCUT2D eigenvalue weighted by molar-refractivity contribution is 0.0241. The number of thiazole rings is 1. The smallest absolute Gasteiger partial charge is 0.230 e. The number of aromatic hydroxyl groups is 1. The van der Waals surface area contributed by atoms with Crippen LogP contribution in [0.5, 0.6) is 5.88 Å². The lowest BCUT2D eigenvalue weighted by Gasteiger charge is -2.34. The van der Waals surface area contributed by atoms with Gasteiger partial charge in [0.2, 0.25) is 16.7 Å². The first-order chi connectivity index (χ1) is 13.7. The van der Waals surface area contributed by atoms with Crippen LogP contribution in [0, 0.1) is 6.92 Å². The Labute approximate surface area is 165 Å². The van der Waals surface area contributed by atoms with Crippen LogP contribution >= 0.6 is 11.3 Å². The third-order valence-corrected chi connectivity index (χ3v) is 6.07. The molecule has 1 aliphatic heterocycles. The molecule has 0 bridgehead atoms. The van der Waals surface area contributed by atoms with Gasteiger partial charge in [-0.1, -0.05) is 41.2 Å². The third-order valence-electron chi connectivity index (χ3n) is 4.99. The molecule has 0 radical (unpaired) electrons. The third kappa shape index (κ3) is 2.99. The number of aryl methyl sites for hydroxylation is 1. The summed E-state index contributed by atoms with van der Waals surface area (Å²) in [5, 5.41) is 15.4. The van der Waals surface area contributed by atoms with Crippen LogP contribution in [0.1, 0.15) is 22.0 Å². The predicted octanol–water partition coefficient (Wildman–Crippen LogP) is 3.49. The average Bonchev–Trinajstić information content (AvgIpc) is 3.43. The Bertz CT molecular complexity index is 1080. The van der Waals surface area contributed by atoms with Crippen molar-refractivity contribution in [2.45, 2.75) is 13.0 Å². The maximum Gasteiger partial charge on any atom is 0.230 e. The standard InChI is InChI=1S/C20H20N4O3S/c1-13-4-6-14(7-5-13)16(23-8-11-26-12-9-23)17-19(25)24-20(28-17)21-18(22-24)15-3-2-10-27-15/h2-7,10,16,25H,8-9,11-12H2,1H3. The minimum atomic E-state index is -0.0648. The van der Waals surface area contributed by atoms with Crippen LogP contribution in [-0.4, -0.2) is 50.9 Å². The molecule has 144 valence electrons. The summed E-state index contributed by atoms with van der Waals surface area (Å²) in [6.45, 7) is 5.07. The zero-order valence-corrected chi connectivity index (χ0v) is 16.2. The normalized spacial score (nSPS) is 16.6. The maximum atomic E-state index is 11.0. The van der Waals surface area contributed by atoms with E-state index in [2.05, 4.69) is 46.2 Å². The van der Waals surface area contributed by atoms with Crippen LogP contribution in [0.25, 0.3) is 16.5 Å². The number of nitrogens with zero attached hydrogens (tertiary/aromatic N) is 4. The summed E-state index contributed by atoms with van der Waals surface area (Å²) in [4.78, 5) is 8.37. The average molecular weight is 396 g/mol. The van der Waals surface area contributed by atoms with Gasteiger partial charge in [0.1, 0.15) is 0 Å². The van der Waals surface area contributed by atoms with Crippen molar-refractivity contribution in [1.82, 2.24) is 19.5 Å². The van der Waals surface area contributed by atoms with Gasteiger partial charge in [0.25, 0.3) is 0 Å². The number of hydrogen-bond donors (Lipinski definition) is 1. The number of benzene rings is 1. The summed E-state index contributed by atoms with van der Waals surface area (Å²) < 4.78 is 12.4. The number of fused-ring (bicyclic) bond motifs is 1. The first-order valence-corrected chi connectivity index (χ1v) is 10.0. The van der Waals surface area contributed by atoms with Gasteiger partial charge < -0.3 is 14.3 Å². The molecule has 1 aliphatic rings. The molecule has 5 rings (SSSR count). The Kier molecular flexibility index (Phi) is 4.38. The summed E-state index contributed by atoms with van der Waals surface area (Å²) in [5.41, 5.74) is 2.35. The second-order valence-corrected chi connectivity index (χ2v) is 7.87. The second kappa shape index (κ2) is 7.05. The van der Waals surface area contributed by atoms with Crippen LogP contribution in [0.15, 0.2) is 47.1 Å². The first kappa shape index (κ1) is 17.4. The molecule has 4 heterocycles. The van der Waals surface area contributed by atoms with Crippen LogP contribution in [0.2, 0.25) is 0 Å². The minimum absolute atomic E-state index is 0.0648. The van der Waals surface area contributed by atoms with Gasteiger partial charge >= 0.3 is 0 Å². The highest BCUT2D eigenvalue weighted by Crippen LogP contribution is 2.40. The van der Waals surface area contributed by atoms with Crippen molar-refractivity contribution in [3.63, 3.8) is 0 Å². The van der Waals surface area contributed by atoms with Crippen molar-refractivity contribution < 1.29 is 14.3 Å². The van der Waals surface area contributed by atoms with Crippen molar-refractivity contribution in [1.29, 1.82) is 0 Å². The number of hydrogen-bond acceptors (Lipinski definition) is 7. The van der Waals surface area contributed by atoms with E-state index in [1.54, 1.807) is 18.4 Å². The highest BCUT2D eigenvalue weighted by molar-refractivity contribution is 7.17. The topological polar surface area (TPSA) is 76.0 Å². The molecule has 8 heteroatoms.